The summed E-state index contributed by atoms with van der Waals surface area (Å²) in [6, 6.07) is 0. The molecule has 0 bridgehead atoms. The first-order valence-corrected chi connectivity index (χ1v) is 6.83. The minimum absolute atomic E-state index is 0.826. The van der Waals surface area contributed by atoms with E-state index in [0.717, 1.165) is 25.4 Å². The van der Waals surface area contributed by atoms with Gasteiger partial charge in [0.1, 0.15) is 0 Å². The summed E-state index contributed by atoms with van der Waals surface area (Å²) in [7, 11) is -1.92. The zero-order chi connectivity index (χ0) is 8.44. The third kappa shape index (κ3) is 1.51. The lowest BCUT2D eigenvalue weighted by atomic mass is 10.2. The van der Waals surface area contributed by atoms with Gasteiger partial charge in [-0.1, -0.05) is 18.6 Å². The summed E-state index contributed by atoms with van der Waals surface area (Å²) < 4.78 is 14.5. The van der Waals surface area contributed by atoms with Gasteiger partial charge in [-0.05, 0) is 12.8 Å². The van der Waals surface area contributed by atoms with Gasteiger partial charge in [0.05, 0.1) is 0 Å². The maximum atomic E-state index is 12.2. The smallest absolute Gasteiger partial charge is 0.157 e. The highest BCUT2D eigenvalue weighted by molar-refractivity contribution is 7.62. The standard InChI is InChI=1S/C9H16NOP/c11-12(8-4-5-9-12)10-6-2-1-3-7-10/h4-5H,1-3,6-9H2. The van der Waals surface area contributed by atoms with Crippen LogP contribution in [0.4, 0.5) is 0 Å². The van der Waals surface area contributed by atoms with E-state index in [2.05, 4.69) is 16.8 Å². The van der Waals surface area contributed by atoms with Crippen LogP contribution in [0.5, 0.6) is 0 Å². The highest BCUT2D eigenvalue weighted by Crippen LogP contribution is 2.53. The lowest BCUT2D eigenvalue weighted by Crippen LogP contribution is -2.27. The van der Waals surface area contributed by atoms with E-state index < -0.39 is 7.29 Å². The fourth-order valence-corrected chi connectivity index (χ4v) is 4.61. The van der Waals surface area contributed by atoms with E-state index in [-0.39, 0.29) is 0 Å². The van der Waals surface area contributed by atoms with E-state index in [0.29, 0.717) is 0 Å². The molecule has 0 aliphatic carbocycles. The van der Waals surface area contributed by atoms with Gasteiger partial charge >= 0.3 is 0 Å². The summed E-state index contributed by atoms with van der Waals surface area (Å²) in [4.78, 5) is 0. The molecule has 0 aromatic carbocycles. The van der Waals surface area contributed by atoms with Crippen molar-refractivity contribution in [2.75, 3.05) is 25.4 Å². The summed E-state index contributed by atoms with van der Waals surface area (Å²) in [6.07, 6.45) is 9.61. The molecule has 1 fully saturated rings. The number of hydrogen-bond donors (Lipinski definition) is 0. The topological polar surface area (TPSA) is 20.3 Å². The summed E-state index contributed by atoms with van der Waals surface area (Å²) >= 11 is 0. The van der Waals surface area contributed by atoms with E-state index in [1.165, 1.54) is 19.3 Å². The molecule has 0 radical (unpaired) electrons. The molecule has 0 amide bonds. The van der Waals surface area contributed by atoms with Crippen LogP contribution in [0.15, 0.2) is 12.2 Å². The van der Waals surface area contributed by atoms with Crippen molar-refractivity contribution in [2.24, 2.45) is 0 Å². The minimum atomic E-state index is -1.92. The molecule has 0 atom stereocenters. The molecule has 0 aromatic rings. The van der Waals surface area contributed by atoms with Crippen LogP contribution in [-0.4, -0.2) is 30.1 Å². The van der Waals surface area contributed by atoms with Gasteiger partial charge < -0.3 is 4.57 Å². The lowest BCUT2D eigenvalue weighted by Gasteiger charge is -2.31. The SMILES string of the molecule is O=P1(N2CCCCC2)CC=CC1. The second-order valence-electron chi connectivity index (χ2n) is 3.70. The molecule has 68 valence electrons. The molecule has 0 spiro atoms. The zero-order valence-corrected chi connectivity index (χ0v) is 8.30. The largest absolute Gasteiger partial charge is 0.306 e. The van der Waals surface area contributed by atoms with Crippen molar-refractivity contribution in [1.29, 1.82) is 0 Å². The Balaban J connectivity index is 2.02. The van der Waals surface area contributed by atoms with Gasteiger partial charge in [0.2, 0.25) is 0 Å². The Morgan fingerprint density at radius 3 is 2.17 bits per heavy atom. The molecule has 0 saturated carbocycles. The van der Waals surface area contributed by atoms with Gasteiger partial charge in [0.25, 0.3) is 0 Å². The number of piperidine rings is 1. The monoisotopic (exact) mass is 185 g/mol. The van der Waals surface area contributed by atoms with Gasteiger partial charge in [-0.25, -0.2) is 0 Å². The molecule has 0 N–H and O–H groups in total. The van der Waals surface area contributed by atoms with Crippen molar-refractivity contribution >= 4 is 7.29 Å². The normalized spacial score (nSPS) is 29.3. The minimum Gasteiger partial charge on any atom is -0.306 e. The fraction of sp³-hybridized carbons (Fsp3) is 0.778. The van der Waals surface area contributed by atoms with E-state index in [9.17, 15) is 4.57 Å². The molecule has 2 rings (SSSR count). The fourth-order valence-electron chi connectivity index (χ4n) is 2.03. The highest BCUT2D eigenvalue weighted by atomic mass is 31.2. The Kier molecular flexibility index (Phi) is 2.38. The summed E-state index contributed by atoms with van der Waals surface area (Å²) in [5.74, 6) is 0. The van der Waals surface area contributed by atoms with Gasteiger partial charge in [-0.2, -0.15) is 0 Å². The Morgan fingerprint density at radius 1 is 1.00 bits per heavy atom. The van der Waals surface area contributed by atoms with Crippen molar-refractivity contribution in [1.82, 2.24) is 4.67 Å². The molecule has 2 aliphatic rings. The number of hydrogen-bond acceptors (Lipinski definition) is 1. The zero-order valence-electron chi connectivity index (χ0n) is 7.41. The highest BCUT2D eigenvalue weighted by Gasteiger charge is 2.31. The number of allylic oxidation sites excluding steroid dienone is 2. The summed E-state index contributed by atoms with van der Waals surface area (Å²) in [5, 5.41) is 0. The molecular weight excluding hydrogens is 169 g/mol. The first-order chi connectivity index (χ1) is 5.81. The predicted molar refractivity (Wildman–Crippen MR) is 51.9 cm³/mol. The predicted octanol–water partition coefficient (Wildman–Crippen LogP) is 2.32. The van der Waals surface area contributed by atoms with Crippen molar-refractivity contribution in [3.05, 3.63) is 12.2 Å². The summed E-state index contributed by atoms with van der Waals surface area (Å²) in [5.41, 5.74) is 0. The molecule has 2 nitrogen and oxygen atoms in total. The summed E-state index contributed by atoms with van der Waals surface area (Å²) in [6.45, 7) is 2.14. The molecule has 0 aromatic heterocycles. The average molecular weight is 185 g/mol. The van der Waals surface area contributed by atoms with Crippen LogP contribution in [0.25, 0.3) is 0 Å². The van der Waals surface area contributed by atoms with Crippen LogP contribution in [0.3, 0.4) is 0 Å². The third-order valence-electron chi connectivity index (χ3n) is 2.80. The first-order valence-electron chi connectivity index (χ1n) is 4.80. The average Bonchev–Trinajstić information content (AvgIpc) is 2.55. The molecule has 3 heteroatoms. The Labute approximate surface area is 74.1 Å². The second-order valence-corrected chi connectivity index (χ2v) is 6.69. The Morgan fingerprint density at radius 2 is 1.58 bits per heavy atom. The maximum Gasteiger partial charge on any atom is 0.157 e. The molecular formula is C9H16NOP. The van der Waals surface area contributed by atoms with Gasteiger partial charge in [0, 0.05) is 25.4 Å². The third-order valence-corrected chi connectivity index (χ3v) is 5.79. The van der Waals surface area contributed by atoms with Gasteiger partial charge in [0.15, 0.2) is 7.29 Å². The van der Waals surface area contributed by atoms with E-state index in [1.54, 1.807) is 0 Å². The number of rotatable bonds is 1. The Hall–Kier alpha value is -0.0700. The van der Waals surface area contributed by atoms with Crippen molar-refractivity contribution in [3.8, 4) is 0 Å². The van der Waals surface area contributed by atoms with Crippen molar-refractivity contribution in [3.63, 3.8) is 0 Å². The van der Waals surface area contributed by atoms with Crippen molar-refractivity contribution < 1.29 is 4.57 Å². The molecule has 0 unspecified atom stereocenters. The number of nitrogens with zero attached hydrogens (tertiary/aromatic N) is 1. The van der Waals surface area contributed by atoms with E-state index in [4.69, 9.17) is 0 Å². The quantitative estimate of drug-likeness (QED) is 0.461. The van der Waals surface area contributed by atoms with Crippen LogP contribution < -0.4 is 0 Å². The van der Waals surface area contributed by atoms with Gasteiger partial charge in [-0.3, -0.25) is 4.67 Å². The maximum absolute atomic E-state index is 12.2. The van der Waals surface area contributed by atoms with Crippen molar-refractivity contribution in [2.45, 2.75) is 19.3 Å². The van der Waals surface area contributed by atoms with Crippen LogP contribution in [-0.2, 0) is 4.57 Å². The lowest BCUT2D eigenvalue weighted by molar-refractivity contribution is 0.347. The molecule has 12 heavy (non-hydrogen) atoms. The molecule has 2 aliphatic heterocycles. The molecule has 1 saturated heterocycles. The molecule has 2 heterocycles. The van der Waals surface area contributed by atoms with Crippen LogP contribution >= 0.6 is 7.29 Å². The second kappa shape index (κ2) is 3.35. The van der Waals surface area contributed by atoms with Gasteiger partial charge in [-0.15, -0.1) is 0 Å². The van der Waals surface area contributed by atoms with Crippen LogP contribution in [0.1, 0.15) is 19.3 Å². The van der Waals surface area contributed by atoms with E-state index in [1.807, 2.05) is 0 Å². The van der Waals surface area contributed by atoms with Crippen LogP contribution in [0.2, 0.25) is 0 Å². The van der Waals surface area contributed by atoms with E-state index >= 15 is 0 Å². The van der Waals surface area contributed by atoms with Crippen LogP contribution in [0, 0.1) is 0 Å². The first kappa shape index (κ1) is 8.52. The Bertz CT molecular complexity index is 219.